The van der Waals surface area contributed by atoms with Crippen molar-refractivity contribution in [1.82, 2.24) is 10.6 Å². The summed E-state index contributed by atoms with van der Waals surface area (Å²) in [5.41, 5.74) is 4.12. The van der Waals surface area contributed by atoms with Crippen LogP contribution in [0.2, 0.25) is 0 Å². The molecule has 0 aromatic heterocycles. The lowest BCUT2D eigenvalue weighted by Gasteiger charge is -2.23. The second-order valence-corrected chi connectivity index (χ2v) is 9.79. The van der Waals surface area contributed by atoms with Crippen LogP contribution in [0.15, 0.2) is 36.4 Å². The van der Waals surface area contributed by atoms with Gasteiger partial charge in [-0.2, -0.15) is 5.26 Å². The van der Waals surface area contributed by atoms with E-state index in [0.29, 0.717) is 24.1 Å². The van der Waals surface area contributed by atoms with E-state index < -0.39 is 6.04 Å². The third-order valence-electron chi connectivity index (χ3n) is 7.27. The van der Waals surface area contributed by atoms with Crippen LogP contribution in [0.4, 0.5) is 4.39 Å². The van der Waals surface area contributed by atoms with E-state index in [1.165, 1.54) is 6.07 Å². The Labute approximate surface area is 188 Å². The molecule has 0 spiro atoms. The van der Waals surface area contributed by atoms with E-state index in [-0.39, 0.29) is 29.8 Å². The molecule has 5 nitrogen and oxygen atoms in total. The fourth-order valence-electron chi connectivity index (χ4n) is 5.47. The molecule has 6 heteroatoms. The van der Waals surface area contributed by atoms with Gasteiger partial charge in [-0.1, -0.05) is 24.3 Å². The molecule has 5 rings (SSSR count). The first-order chi connectivity index (χ1) is 15.3. The number of ether oxygens (including phenoxy) is 1. The van der Waals surface area contributed by atoms with Gasteiger partial charge in [0.15, 0.2) is 0 Å². The number of nitrogens with one attached hydrogen (secondary N) is 2. The number of amides is 1. The minimum absolute atomic E-state index is 0.140. The topological polar surface area (TPSA) is 74.1 Å². The minimum atomic E-state index is -0.761. The Kier molecular flexibility index (Phi) is 5.27. The van der Waals surface area contributed by atoms with Gasteiger partial charge in [0.05, 0.1) is 24.3 Å². The smallest absolute Gasteiger partial charge is 0.238 e. The monoisotopic (exact) mass is 433 g/mol. The van der Waals surface area contributed by atoms with Crippen LogP contribution < -0.4 is 10.6 Å². The Bertz CT molecular complexity index is 1110. The molecule has 3 aliphatic rings. The molecule has 2 bridgehead atoms. The summed E-state index contributed by atoms with van der Waals surface area (Å²) in [6.45, 7) is 4.65. The summed E-state index contributed by atoms with van der Waals surface area (Å²) in [5.74, 6) is -0.171. The molecular weight excluding hydrogens is 405 g/mol. The molecular formula is C26H28FN3O2. The highest BCUT2D eigenvalue weighted by atomic mass is 19.1. The average Bonchev–Trinajstić information content (AvgIpc) is 3.49. The molecule has 2 N–H and O–H groups in total. The lowest BCUT2D eigenvalue weighted by atomic mass is 9.92. The molecule has 1 amide bonds. The first kappa shape index (κ1) is 21.1. The number of benzene rings is 2. The van der Waals surface area contributed by atoms with Crippen molar-refractivity contribution in [3.05, 3.63) is 58.9 Å². The molecule has 0 radical (unpaired) electrons. The van der Waals surface area contributed by atoms with Crippen LogP contribution in [0.5, 0.6) is 0 Å². The maximum atomic E-state index is 14.9. The summed E-state index contributed by atoms with van der Waals surface area (Å²) in [7, 11) is 0. The normalized spacial score (nSPS) is 25.9. The van der Waals surface area contributed by atoms with Crippen LogP contribution >= 0.6 is 0 Å². The average molecular weight is 434 g/mol. The number of hydrogen-bond acceptors (Lipinski definition) is 4. The molecule has 4 unspecified atom stereocenters. The zero-order valence-corrected chi connectivity index (χ0v) is 18.5. The maximum Gasteiger partial charge on any atom is 0.238 e. The molecule has 2 aromatic carbocycles. The van der Waals surface area contributed by atoms with Crippen molar-refractivity contribution in [2.24, 2.45) is 5.92 Å². The Balaban J connectivity index is 1.28. The summed E-state index contributed by atoms with van der Waals surface area (Å²) < 4.78 is 20.8. The van der Waals surface area contributed by atoms with Crippen LogP contribution in [-0.4, -0.2) is 24.0 Å². The first-order valence-electron chi connectivity index (χ1n) is 11.4. The molecule has 1 aliphatic carbocycles. The first-order valence-corrected chi connectivity index (χ1v) is 11.4. The van der Waals surface area contributed by atoms with Crippen molar-refractivity contribution < 1.29 is 13.9 Å². The van der Waals surface area contributed by atoms with Crippen molar-refractivity contribution in [2.45, 2.75) is 69.9 Å². The van der Waals surface area contributed by atoms with Gasteiger partial charge in [-0.05, 0) is 79.0 Å². The largest absolute Gasteiger partial charge is 0.366 e. The second-order valence-electron chi connectivity index (χ2n) is 9.79. The molecule has 2 heterocycles. The third kappa shape index (κ3) is 3.80. The van der Waals surface area contributed by atoms with E-state index in [1.54, 1.807) is 6.07 Å². The second kappa shape index (κ2) is 7.99. The number of nitrogens with zero attached hydrogens (tertiary/aromatic N) is 1. The highest BCUT2D eigenvalue weighted by molar-refractivity contribution is 5.83. The van der Waals surface area contributed by atoms with Crippen molar-refractivity contribution in [1.29, 1.82) is 5.26 Å². The summed E-state index contributed by atoms with van der Waals surface area (Å²) in [6.07, 6.45) is 3.33. The number of carbonyl (C=O) groups excluding carboxylic acids is 1. The van der Waals surface area contributed by atoms with Gasteiger partial charge >= 0.3 is 0 Å². The van der Waals surface area contributed by atoms with Crippen LogP contribution in [0, 0.1) is 23.1 Å². The molecule has 1 saturated heterocycles. The van der Waals surface area contributed by atoms with Crippen LogP contribution in [-0.2, 0) is 28.2 Å². The number of piperidine rings is 1. The van der Waals surface area contributed by atoms with E-state index in [1.807, 2.05) is 26.0 Å². The quantitative estimate of drug-likeness (QED) is 0.749. The van der Waals surface area contributed by atoms with E-state index in [2.05, 4.69) is 28.8 Å². The van der Waals surface area contributed by atoms with Gasteiger partial charge in [-0.3, -0.25) is 4.79 Å². The SMILES string of the molecule is CC1(C)OCc2cc(-c3ccc(CC(C#N)NC(=O)C4NC5CCC4C5)c(F)c3)ccc21. The molecule has 2 aromatic rings. The van der Waals surface area contributed by atoms with Gasteiger partial charge < -0.3 is 15.4 Å². The summed E-state index contributed by atoms with van der Waals surface area (Å²) >= 11 is 0. The summed E-state index contributed by atoms with van der Waals surface area (Å²) in [5, 5.41) is 15.7. The van der Waals surface area contributed by atoms with E-state index in [9.17, 15) is 14.4 Å². The molecule has 166 valence electrons. The molecule has 1 saturated carbocycles. The summed E-state index contributed by atoms with van der Waals surface area (Å²) in [6, 6.07) is 12.7. The van der Waals surface area contributed by atoms with Gasteiger partial charge in [0, 0.05) is 12.5 Å². The van der Waals surface area contributed by atoms with Gasteiger partial charge in [-0.15, -0.1) is 0 Å². The van der Waals surface area contributed by atoms with Gasteiger partial charge in [0.1, 0.15) is 11.9 Å². The number of hydrogen-bond donors (Lipinski definition) is 2. The maximum absolute atomic E-state index is 14.9. The third-order valence-corrected chi connectivity index (χ3v) is 7.27. The number of nitriles is 1. The van der Waals surface area contributed by atoms with E-state index in [4.69, 9.17) is 4.74 Å². The standard InChI is InChI=1S/C26H28FN3O2/c1-26(2)22-8-6-15(9-19(22)14-32-26)16-3-4-17(23(27)12-16)10-21(13-28)30-25(31)24-18-5-7-20(11-18)29-24/h3-4,6,8-9,12,18,20-21,24,29H,5,7,10-11,14H2,1-2H3,(H,30,31). The lowest BCUT2D eigenvalue weighted by molar-refractivity contribution is -0.124. The van der Waals surface area contributed by atoms with Crippen LogP contribution in [0.25, 0.3) is 11.1 Å². The number of halogens is 1. The molecule has 2 fully saturated rings. The van der Waals surface area contributed by atoms with Crippen LogP contribution in [0.1, 0.15) is 49.8 Å². The fourth-order valence-corrected chi connectivity index (χ4v) is 5.47. The predicted molar refractivity (Wildman–Crippen MR) is 119 cm³/mol. The van der Waals surface area contributed by atoms with Crippen molar-refractivity contribution in [2.75, 3.05) is 0 Å². The number of fused-ring (bicyclic) bond motifs is 3. The Morgan fingerprint density at radius 3 is 2.75 bits per heavy atom. The van der Waals surface area contributed by atoms with Gasteiger partial charge in [0.2, 0.25) is 5.91 Å². The number of carbonyl (C=O) groups is 1. The van der Waals surface area contributed by atoms with Crippen molar-refractivity contribution in [3.8, 4) is 17.2 Å². The van der Waals surface area contributed by atoms with E-state index >= 15 is 0 Å². The Hall–Kier alpha value is -2.75. The predicted octanol–water partition coefficient (Wildman–Crippen LogP) is 3.95. The zero-order chi connectivity index (χ0) is 22.5. The highest BCUT2D eigenvalue weighted by Crippen LogP contribution is 2.38. The molecule has 2 aliphatic heterocycles. The number of rotatable bonds is 5. The fraction of sp³-hybridized carbons (Fsp3) is 0.462. The van der Waals surface area contributed by atoms with Crippen LogP contribution in [0.3, 0.4) is 0 Å². The van der Waals surface area contributed by atoms with Gasteiger partial charge in [0.25, 0.3) is 0 Å². The summed E-state index contributed by atoms with van der Waals surface area (Å²) in [4.78, 5) is 12.6. The molecule has 4 atom stereocenters. The highest BCUT2D eigenvalue weighted by Gasteiger charge is 2.43. The Morgan fingerprint density at radius 1 is 1.28 bits per heavy atom. The lowest BCUT2D eigenvalue weighted by Crippen LogP contribution is -2.50. The Morgan fingerprint density at radius 2 is 2.06 bits per heavy atom. The molecule has 32 heavy (non-hydrogen) atoms. The van der Waals surface area contributed by atoms with E-state index in [0.717, 1.165) is 41.5 Å². The zero-order valence-electron chi connectivity index (χ0n) is 18.5. The minimum Gasteiger partial charge on any atom is -0.366 e. The van der Waals surface area contributed by atoms with Crippen molar-refractivity contribution >= 4 is 5.91 Å². The van der Waals surface area contributed by atoms with Gasteiger partial charge in [-0.25, -0.2) is 4.39 Å². The van der Waals surface area contributed by atoms with Crippen molar-refractivity contribution in [3.63, 3.8) is 0 Å².